The van der Waals surface area contributed by atoms with Crippen molar-refractivity contribution >= 4 is 24.8 Å². The topological polar surface area (TPSA) is 164 Å². The Morgan fingerprint density at radius 3 is 2.56 bits per heavy atom. The van der Waals surface area contributed by atoms with Gasteiger partial charge in [0.05, 0.1) is 11.6 Å². The molecule has 11 heteroatoms. The number of benzene rings is 1. The average molecular weight is 497 g/mol. The first-order valence-corrected chi connectivity index (χ1v) is 12.0. The molecule has 36 heavy (non-hydrogen) atoms. The first kappa shape index (κ1) is 27.3. The molecule has 2 aromatic rings. The van der Waals surface area contributed by atoms with E-state index in [0.717, 1.165) is 5.56 Å². The molecule has 0 bridgehead atoms. The first-order chi connectivity index (χ1) is 17.3. The van der Waals surface area contributed by atoms with Crippen LogP contribution < -0.4 is 16.1 Å². The van der Waals surface area contributed by atoms with Crippen LogP contribution in [-0.4, -0.2) is 41.6 Å². The number of ketones is 1. The number of fused-ring (bicyclic) bond motifs is 1. The van der Waals surface area contributed by atoms with Crippen LogP contribution in [0.15, 0.2) is 30.3 Å². The summed E-state index contributed by atoms with van der Waals surface area (Å²) in [5.41, 5.74) is 13.7. The molecule has 3 rings (SSSR count). The van der Waals surface area contributed by atoms with Crippen LogP contribution in [0, 0.1) is 5.92 Å². The maximum Gasteiger partial charge on any atom is 0.526 e. The van der Waals surface area contributed by atoms with Gasteiger partial charge in [0.25, 0.3) is 0 Å². The molecule has 0 aliphatic carbocycles. The van der Waals surface area contributed by atoms with Crippen molar-refractivity contribution in [3.63, 3.8) is 0 Å². The number of nitrogens with two attached hydrogens (primary N) is 2. The Morgan fingerprint density at radius 2 is 1.89 bits per heavy atom. The summed E-state index contributed by atoms with van der Waals surface area (Å²) >= 11 is 0. The van der Waals surface area contributed by atoms with Crippen molar-refractivity contribution in [2.75, 3.05) is 6.79 Å². The number of esters is 2. The third-order valence-electron chi connectivity index (χ3n) is 6.37. The van der Waals surface area contributed by atoms with Gasteiger partial charge >= 0.3 is 19.1 Å². The Balaban J connectivity index is 1.66. The largest absolute Gasteiger partial charge is 0.535 e. The van der Waals surface area contributed by atoms with E-state index in [0.29, 0.717) is 30.5 Å². The quantitative estimate of drug-likeness (QED) is 0.181. The average Bonchev–Trinajstić information content (AvgIpc) is 2.88. The summed E-state index contributed by atoms with van der Waals surface area (Å²) in [4.78, 5) is 41.8. The number of Topliss-reactive ketones (excluding diaryl/α,β-unsaturated/α-hetero) is 1. The van der Waals surface area contributed by atoms with Crippen LogP contribution >= 0.6 is 0 Å². The molecule has 1 aliphatic rings. The predicted molar refractivity (Wildman–Crippen MR) is 132 cm³/mol. The molecular formula is C25H32BN3O7. The molecule has 10 nitrogen and oxygen atoms in total. The number of aromatic nitrogens is 1. The Kier molecular flexibility index (Phi) is 9.57. The van der Waals surface area contributed by atoms with Gasteiger partial charge in [-0.25, -0.2) is 9.78 Å². The van der Waals surface area contributed by atoms with E-state index in [-0.39, 0.29) is 48.2 Å². The lowest BCUT2D eigenvalue weighted by Gasteiger charge is -2.28. The van der Waals surface area contributed by atoms with Gasteiger partial charge in [0.1, 0.15) is 17.0 Å². The molecule has 1 aliphatic heterocycles. The van der Waals surface area contributed by atoms with E-state index in [4.69, 9.17) is 25.6 Å². The van der Waals surface area contributed by atoms with E-state index in [1.165, 1.54) is 6.07 Å². The predicted octanol–water partition coefficient (Wildman–Crippen LogP) is 2.15. The highest BCUT2D eigenvalue weighted by Crippen LogP contribution is 2.37. The molecule has 0 radical (unpaired) electrons. The molecule has 0 fully saturated rings. The highest BCUT2D eigenvalue weighted by Gasteiger charge is 2.38. The number of hydrogen-bond acceptors (Lipinski definition) is 10. The second-order valence-corrected chi connectivity index (χ2v) is 8.63. The molecule has 1 aromatic heterocycles. The summed E-state index contributed by atoms with van der Waals surface area (Å²) in [6.45, 7) is 3.68. The number of hydrogen-bond donors (Lipinski definition) is 3. The molecule has 0 saturated heterocycles. The third kappa shape index (κ3) is 6.28. The first-order valence-electron chi connectivity index (χ1n) is 12.0. The minimum atomic E-state index is -1.32. The van der Waals surface area contributed by atoms with E-state index in [2.05, 4.69) is 4.98 Å². The summed E-state index contributed by atoms with van der Waals surface area (Å²) < 4.78 is 15.8. The Morgan fingerprint density at radius 1 is 1.14 bits per heavy atom. The summed E-state index contributed by atoms with van der Waals surface area (Å²) in [7, 11) is -1.32. The molecule has 0 saturated carbocycles. The summed E-state index contributed by atoms with van der Waals surface area (Å²) in [6, 6.07) is 8.23. The number of ether oxygens (including phenoxy) is 2. The SMILES string of the molecule is CCC(CC)C(=O)OCOC(=O)c1cccc2c1OB(O)[C@@H](CC(=O)c1ccc(CN)c(CN)n1)C2. The van der Waals surface area contributed by atoms with Crippen LogP contribution in [0.2, 0.25) is 5.82 Å². The molecular weight excluding hydrogens is 465 g/mol. The lowest BCUT2D eigenvalue weighted by molar-refractivity contribution is -0.157. The van der Waals surface area contributed by atoms with Crippen molar-refractivity contribution in [3.8, 4) is 5.75 Å². The van der Waals surface area contributed by atoms with Gasteiger partial charge in [-0.3, -0.25) is 9.59 Å². The molecule has 5 N–H and O–H groups in total. The fourth-order valence-corrected chi connectivity index (χ4v) is 4.17. The van der Waals surface area contributed by atoms with Gasteiger partial charge in [-0.2, -0.15) is 0 Å². The normalized spacial score (nSPS) is 14.7. The number of para-hydroxylation sites is 1. The number of pyridine rings is 1. The highest BCUT2D eigenvalue weighted by molar-refractivity contribution is 6.47. The van der Waals surface area contributed by atoms with E-state index >= 15 is 0 Å². The minimum absolute atomic E-state index is 0.0137. The third-order valence-corrected chi connectivity index (χ3v) is 6.37. The van der Waals surface area contributed by atoms with Crippen molar-refractivity contribution in [1.82, 2.24) is 4.98 Å². The van der Waals surface area contributed by atoms with E-state index in [9.17, 15) is 19.4 Å². The molecule has 2 heterocycles. The smallest absolute Gasteiger partial charge is 0.526 e. The van der Waals surface area contributed by atoms with E-state index in [1.807, 2.05) is 13.8 Å². The molecule has 1 atom stereocenters. The Bertz CT molecular complexity index is 1110. The van der Waals surface area contributed by atoms with E-state index in [1.54, 1.807) is 24.3 Å². The Labute approximate surface area is 210 Å². The molecule has 192 valence electrons. The van der Waals surface area contributed by atoms with Crippen molar-refractivity contribution in [3.05, 3.63) is 58.4 Å². The second-order valence-electron chi connectivity index (χ2n) is 8.63. The zero-order chi connectivity index (χ0) is 26.2. The molecule has 0 unspecified atom stereocenters. The lowest BCUT2D eigenvalue weighted by Crippen LogP contribution is -2.36. The fourth-order valence-electron chi connectivity index (χ4n) is 4.17. The second kappa shape index (κ2) is 12.6. The van der Waals surface area contributed by atoms with Gasteiger partial charge in [-0.15, -0.1) is 0 Å². The zero-order valence-electron chi connectivity index (χ0n) is 20.6. The Hall–Kier alpha value is -3.28. The minimum Gasteiger partial charge on any atom is -0.535 e. The van der Waals surface area contributed by atoms with Crippen molar-refractivity contribution < 1.29 is 33.5 Å². The van der Waals surface area contributed by atoms with Gasteiger partial charge in [0, 0.05) is 25.3 Å². The van der Waals surface area contributed by atoms with Gasteiger partial charge in [-0.1, -0.05) is 32.0 Å². The standard InChI is InChI=1S/C25H32BN3O7/c1-3-15(4-2)24(31)34-14-35-25(32)19-7-5-6-16-10-18(26(33)36-23(16)19)11-22(30)20-9-8-17(12-27)21(13-28)29-20/h5-9,15,18,33H,3-4,10-14,27-28H2,1-2H3/t18-/m1/s1. The van der Waals surface area contributed by atoms with Gasteiger partial charge in [0.15, 0.2) is 5.78 Å². The van der Waals surface area contributed by atoms with Crippen LogP contribution in [0.5, 0.6) is 5.75 Å². The van der Waals surface area contributed by atoms with E-state index < -0.39 is 31.7 Å². The summed E-state index contributed by atoms with van der Waals surface area (Å²) in [5, 5.41) is 10.6. The summed E-state index contributed by atoms with van der Waals surface area (Å²) in [5.74, 6) is -2.05. The zero-order valence-corrected chi connectivity index (χ0v) is 20.6. The number of carbonyl (C=O) groups is 3. The molecule has 0 spiro atoms. The van der Waals surface area contributed by atoms with Gasteiger partial charge in [-0.05, 0) is 42.5 Å². The van der Waals surface area contributed by atoms with Crippen LogP contribution in [0.25, 0.3) is 0 Å². The highest BCUT2D eigenvalue weighted by atomic mass is 16.7. The molecule has 0 amide bonds. The molecule has 1 aromatic carbocycles. The van der Waals surface area contributed by atoms with Crippen LogP contribution in [0.3, 0.4) is 0 Å². The maximum atomic E-state index is 12.9. The number of carbonyl (C=O) groups excluding carboxylic acids is 3. The van der Waals surface area contributed by atoms with Crippen LogP contribution in [0.1, 0.15) is 70.8 Å². The van der Waals surface area contributed by atoms with Crippen molar-refractivity contribution in [2.24, 2.45) is 17.4 Å². The monoisotopic (exact) mass is 497 g/mol. The van der Waals surface area contributed by atoms with Crippen molar-refractivity contribution in [1.29, 1.82) is 0 Å². The van der Waals surface area contributed by atoms with Crippen LogP contribution in [-0.2, 0) is 33.8 Å². The van der Waals surface area contributed by atoms with Crippen molar-refractivity contribution in [2.45, 2.75) is 58.4 Å². The fraction of sp³-hybridized carbons (Fsp3) is 0.440. The van der Waals surface area contributed by atoms with Gasteiger partial charge < -0.3 is 30.6 Å². The summed E-state index contributed by atoms with van der Waals surface area (Å²) in [6.07, 6.45) is 1.56. The van der Waals surface area contributed by atoms with Crippen LogP contribution in [0.4, 0.5) is 0 Å². The number of rotatable bonds is 11. The number of nitrogens with zero attached hydrogens (tertiary/aromatic N) is 1. The maximum absolute atomic E-state index is 12.9. The van der Waals surface area contributed by atoms with Gasteiger partial charge in [0.2, 0.25) is 6.79 Å². The lowest BCUT2D eigenvalue weighted by atomic mass is 9.64.